The minimum atomic E-state index is -0.834. The molecule has 1 fully saturated rings. The number of aromatic nitrogens is 2. The summed E-state index contributed by atoms with van der Waals surface area (Å²) in [6.45, 7) is 4.06. The highest BCUT2D eigenvalue weighted by Gasteiger charge is 2.28. The van der Waals surface area contributed by atoms with Crippen molar-refractivity contribution < 1.29 is 14.3 Å². The summed E-state index contributed by atoms with van der Waals surface area (Å²) in [4.78, 5) is 41.3. The number of carbonyl (C=O) groups is 2. The monoisotopic (exact) mass is 371 g/mol. The summed E-state index contributed by atoms with van der Waals surface area (Å²) < 4.78 is 6.91. The first-order valence-electron chi connectivity index (χ1n) is 9.48. The van der Waals surface area contributed by atoms with Gasteiger partial charge in [0.2, 0.25) is 0 Å². The molecular weight excluding hydrogens is 346 g/mol. The zero-order valence-electron chi connectivity index (χ0n) is 15.7. The Labute approximate surface area is 157 Å². The number of hydrogen-bond donors (Lipinski definition) is 1. The number of rotatable bonds is 8. The number of aryl methyl sites for hydroxylation is 1. The van der Waals surface area contributed by atoms with E-state index in [0.717, 1.165) is 19.3 Å². The second-order valence-electron chi connectivity index (χ2n) is 6.87. The molecule has 2 aromatic rings. The Morgan fingerprint density at radius 1 is 1.33 bits per heavy atom. The molecule has 144 valence electrons. The number of benzene rings is 1. The predicted octanol–water partition coefficient (Wildman–Crippen LogP) is 2.12. The summed E-state index contributed by atoms with van der Waals surface area (Å²) >= 11 is 0. The summed E-state index contributed by atoms with van der Waals surface area (Å²) in [5, 5.41) is 3.29. The van der Waals surface area contributed by atoms with Gasteiger partial charge in [-0.2, -0.15) is 0 Å². The topological polar surface area (TPSA) is 90.3 Å². The van der Waals surface area contributed by atoms with Gasteiger partial charge in [0, 0.05) is 19.0 Å². The van der Waals surface area contributed by atoms with Crippen molar-refractivity contribution in [1.82, 2.24) is 14.9 Å². The van der Waals surface area contributed by atoms with E-state index < -0.39 is 12.1 Å². The molecule has 1 aromatic carbocycles. The second kappa shape index (κ2) is 8.33. The lowest BCUT2D eigenvalue weighted by atomic mass is 10.2. The second-order valence-corrected chi connectivity index (χ2v) is 6.87. The summed E-state index contributed by atoms with van der Waals surface area (Å²) in [6.07, 6.45) is 2.26. The third kappa shape index (κ3) is 4.53. The number of esters is 1. The van der Waals surface area contributed by atoms with Crippen molar-refractivity contribution in [3.05, 3.63) is 40.4 Å². The van der Waals surface area contributed by atoms with Gasteiger partial charge in [0.25, 0.3) is 11.5 Å². The highest BCUT2D eigenvalue weighted by Crippen LogP contribution is 2.34. The van der Waals surface area contributed by atoms with Crippen LogP contribution in [0.5, 0.6) is 0 Å². The van der Waals surface area contributed by atoms with Crippen molar-refractivity contribution in [1.29, 1.82) is 0 Å². The average Bonchev–Trinajstić information content (AvgIpc) is 3.49. The Kier molecular flexibility index (Phi) is 5.88. The third-order valence-electron chi connectivity index (χ3n) is 4.57. The maximum atomic E-state index is 12.8. The lowest BCUT2D eigenvalue weighted by molar-refractivity contribution is -0.154. The maximum Gasteiger partial charge on any atom is 0.307 e. The molecule has 7 nitrogen and oxygen atoms in total. The number of hydrogen-bond acceptors (Lipinski definition) is 5. The molecule has 0 radical (unpaired) electrons. The van der Waals surface area contributed by atoms with Crippen LogP contribution in [-0.2, 0) is 20.7 Å². The van der Waals surface area contributed by atoms with Crippen molar-refractivity contribution in [2.45, 2.75) is 58.1 Å². The Bertz CT molecular complexity index is 902. The van der Waals surface area contributed by atoms with Gasteiger partial charge in [-0.1, -0.05) is 19.1 Å². The van der Waals surface area contributed by atoms with Gasteiger partial charge in [0.15, 0.2) is 6.10 Å². The Morgan fingerprint density at radius 2 is 2.07 bits per heavy atom. The number of carbonyl (C=O) groups excluding carboxylic acids is 2. The van der Waals surface area contributed by atoms with E-state index in [9.17, 15) is 14.4 Å². The highest BCUT2D eigenvalue weighted by molar-refractivity contribution is 5.83. The van der Waals surface area contributed by atoms with Crippen molar-refractivity contribution in [2.24, 2.45) is 0 Å². The predicted molar refractivity (Wildman–Crippen MR) is 101 cm³/mol. The number of ether oxygens (including phenoxy) is 1. The van der Waals surface area contributed by atoms with E-state index in [4.69, 9.17) is 4.74 Å². The molecule has 1 aliphatic rings. The normalized spacial score (nSPS) is 14.7. The molecule has 7 heteroatoms. The third-order valence-corrected chi connectivity index (χ3v) is 4.57. The van der Waals surface area contributed by atoms with E-state index in [0.29, 0.717) is 29.7 Å². The highest BCUT2D eigenvalue weighted by atomic mass is 16.5. The molecule has 1 atom stereocenters. The fourth-order valence-electron chi connectivity index (χ4n) is 2.99. The van der Waals surface area contributed by atoms with Crippen LogP contribution in [0.15, 0.2) is 29.1 Å². The molecule has 1 saturated carbocycles. The summed E-state index contributed by atoms with van der Waals surface area (Å²) in [7, 11) is 0. The molecule has 0 bridgehead atoms. The van der Waals surface area contributed by atoms with E-state index in [-0.39, 0.29) is 23.9 Å². The van der Waals surface area contributed by atoms with Crippen molar-refractivity contribution in [3.63, 3.8) is 0 Å². The molecule has 0 saturated heterocycles. The van der Waals surface area contributed by atoms with Crippen LogP contribution in [0.2, 0.25) is 0 Å². The van der Waals surface area contributed by atoms with E-state index in [1.54, 1.807) is 23.6 Å². The van der Waals surface area contributed by atoms with Gasteiger partial charge in [0.05, 0.1) is 17.3 Å². The number of nitrogens with zero attached hydrogens (tertiary/aromatic N) is 2. The molecule has 27 heavy (non-hydrogen) atoms. The molecule has 3 rings (SSSR count). The lowest BCUT2D eigenvalue weighted by Crippen LogP contribution is -2.36. The van der Waals surface area contributed by atoms with Gasteiger partial charge in [0.1, 0.15) is 5.82 Å². The van der Waals surface area contributed by atoms with Crippen LogP contribution >= 0.6 is 0 Å². The van der Waals surface area contributed by atoms with E-state index in [2.05, 4.69) is 10.3 Å². The Morgan fingerprint density at radius 3 is 2.78 bits per heavy atom. The zero-order chi connectivity index (χ0) is 19.4. The quantitative estimate of drug-likeness (QED) is 0.718. The molecule has 0 spiro atoms. The Balaban J connectivity index is 1.69. The van der Waals surface area contributed by atoms with Crippen molar-refractivity contribution >= 4 is 22.8 Å². The van der Waals surface area contributed by atoms with Crippen LogP contribution in [0.1, 0.15) is 51.4 Å². The molecule has 0 aliphatic heterocycles. The first kappa shape index (κ1) is 19.1. The minimum absolute atomic E-state index is 0.0567. The van der Waals surface area contributed by atoms with E-state index in [1.807, 2.05) is 19.1 Å². The van der Waals surface area contributed by atoms with Crippen molar-refractivity contribution in [2.75, 3.05) is 6.54 Å². The van der Waals surface area contributed by atoms with Gasteiger partial charge in [-0.15, -0.1) is 0 Å². The number of fused-ring (bicyclic) bond motifs is 1. The lowest BCUT2D eigenvalue weighted by Gasteiger charge is -2.15. The molecule has 1 unspecified atom stereocenters. The fourth-order valence-corrected chi connectivity index (χ4v) is 2.99. The van der Waals surface area contributed by atoms with Crippen LogP contribution in [0.25, 0.3) is 10.9 Å². The summed E-state index contributed by atoms with van der Waals surface area (Å²) in [5.41, 5.74) is 0.578. The summed E-state index contributed by atoms with van der Waals surface area (Å²) in [5.74, 6) is -0.177. The number of amides is 1. The fraction of sp³-hybridized carbons (Fsp3) is 0.500. The van der Waals surface area contributed by atoms with Gasteiger partial charge >= 0.3 is 5.97 Å². The van der Waals surface area contributed by atoms with E-state index in [1.165, 1.54) is 0 Å². The largest absolute Gasteiger partial charge is 0.453 e. The zero-order valence-corrected chi connectivity index (χ0v) is 15.7. The number of para-hydroxylation sites is 1. The number of nitrogens with one attached hydrogen (secondary N) is 1. The van der Waals surface area contributed by atoms with Gasteiger partial charge < -0.3 is 10.1 Å². The van der Waals surface area contributed by atoms with E-state index >= 15 is 0 Å². The van der Waals surface area contributed by atoms with Gasteiger partial charge in [-0.25, -0.2) is 4.98 Å². The van der Waals surface area contributed by atoms with Crippen LogP contribution in [0.4, 0.5) is 0 Å². The first-order chi connectivity index (χ1) is 13.0. The maximum absolute atomic E-state index is 12.8. The van der Waals surface area contributed by atoms with Crippen LogP contribution in [-0.4, -0.2) is 34.1 Å². The standard InChI is InChI=1S/C20H25N3O4/c1-3-12-21-19(25)13(2)27-18(24)11-10-17-22-16-7-5-4-6-15(16)20(26)23(17)14-8-9-14/h4-7,13-14H,3,8-12H2,1-2H3,(H,21,25). The molecule has 1 N–H and O–H groups in total. The van der Waals surface area contributed by atoms with Crippen LogP contribution in [0, 0.1) is 0 Å². The smallest absolute Gasteiger partial charge is 0.307 e. The summed E-state index contributed by atoms with van der Waals surface area (Å²) in [6, 6.07) is 7.41. The molecule has 1 aromatic heterocycles. The van der Waals surface area contributed by atoms with Gasteiger partial charge in [-0.05, 0) is 38.3 Å². The van der Waals surface area contributed by atoms with Crippen LogP contribution in [0.3, 0.4) is 0 Å². The molecular formula is C20H25N3O4. The van der Waals surface area contributed by atoms with Gasteiger partial charge in [-0.3, -0.25) is 19.0 Å². The average molecular weight is 371 g/mol. The van der Waals surface area contributed by atoms with Crippen LogP contribution < -0.4 is 10.9 Å². The Hall–Kier alpha value is -2.70. The molecule has 1 aliphatic carbocycles. The molecule has 1 amide bonds. The van der Waals surface area contributed by atoms with Crippen molar-refractivity contribution in [3.8, 4) is 0 Å². The SMILES string of the molecule is CCCNC(=O)C(C)OC(=O)CCc1nc2ccccc2c(=O)n1C1CC1. The molecule has 1 heterocycles. The minimum Gasteiger partial charge on any atom is -0.453 e. The first-order valence-corrected chi connectivity index (χ1v) is 9.48.